The van der Waals surface area contributed by atoms with Gasteiger partial charge in [0.25, 0.3) is 5.91 Å². The van der Waals surface area contributed by atoms with E-state index in [0.29, 0.717) is 24.7 Å². The average Bonchev–Trinajstić information content (AvgIpc) is 2.51. The number of hydrogen-bond donors (Lipinski definition) is 3. The summed E-state index contributed by atoms with van der Waals surface area (Å²) in [5.41, 5.74) is 0.608. The van der Waals surface area contributed by atoms with Crippen LogP contribution in [-0.2, 0) is 0 Å². The summed E-state index contributed by atoms with van der Waals surface area (Å²) in [6, 6.07) is 7.32. The zero-order valence-corrected chi connectivity index (χ0v) is 13.8. The van der Waals surface area contributed by atoms with Gasteiger partial charge in [0, 0.05) is 24.7 Å². The maximum Gasteiger partial charge on any atom is 0.251 e. The number of rotatable bonds is 7. The van der Waals surface area contributed by atoms with Gasteiger partial charge >= 0.3 is 0 Å². The zero-order chi connectivity index (χ0) is 16.4. The second-order valence-electron chi connectivity index (χ2n) is 5.04. The van der Waals surface area contributed by atoms with E-state index >= 15 is 0 Å². The number of guanidine groups is 1. The minimum absolute atomic E-state index is 0.111. The van der Waals surface area contributed by atoms with Gasteiger partial charge in [0.2, 0.25) is 0 Å². The predicted molar refractivity (Wildman–Crippen MR) is 89.6 cm³/mol. The minimum atomic E-state index is -0.111. The molecule has 1 aromatic carbocycles. The Balaban J connectivity index is 2.42. The molecular formula is C16H26N4O2. The molecule has 0 radical (unpaired) electrons. The van der Waals surface area contributed by atoms with Gasteiger partial charge in [0.15, 0.2) is 5.96 Å². The van der Waals surface area contributed by atoms with Gasteiger partial charge in [-0.2, -0.15) is 0 Å². The molecule has 0 bridgehead atoms. The van der Waals surface area contributed by atoms with Gasteiger partial charge in [-0.05, 0) is 45.0 Å². The number of nitrogens with zero attached hydrogens (tertiary/aromatic N) is 1. The molecule has 0 atom stereocenters. The summed E-state index contributed by atoms with van der Waals surface area (Å²) in [6.07, 6.45) is 0. The van der Waals surface area contributed by atoms with Gasteiger partial charge in [-0.3, -0.25) is 9.79 Å². The third kappa shape index (κ3) is 6.47. The van der Waals surface area contributed by atoms with Gasteiger partial charge in [-0.25, -0.2) is 0 Å². The Morgan fingerprint density at radius 2 is 1.91 bits per heavy atom. The number of ether oxygens (including phenoxy) is 1. The number of methoxy groups -OCH3 is 1. The van der Waals surface area contributed by atoms with E-state index in [1.807, 2.05) is 6.92 Å². The van der Waals surface area contributed by atoms with Crippen molar-refractivity contribution in [3.63, 3.8) is 0 Å². The van der Waals surface area contributed by atoms with Crippen molar-refractivity contribution in [3.8, 4) is 5.75 Å². The topological polar surface area (TPSA) is 74.8 Å². The van der Waals surface area contributed by atoms with Crippen molar-refractivity contribution in [3.05, 3.63) is 29.8 Å². The van der Waals surface area contributed by atoms with Gasteiger partial charge in [-0.15, -0.1) is 0 Å². The van der Waals surface area contributed by atoms with E-state index < -0.39 is 0 Å². The fourth-order valence-corrected chi connectivity index (χ4v) is 1.78. The lowest BCUT2D eigenvalue weighted by atomic mass is 10.2. The third-order valence-corrected chi connectivity index (χ3v) is 2.79. The molecule has 6 nitrogen and oxygen atoms in total. The molecule has 1 aromatic rings. The van der Waals surface area contributed by atoms with Crippen molar-refractivity contribution in [2.45, 2.75) is 26.8 Å². The highest BCUT2D eigenvalue weighted by Crippen LogP contribution is 2.10. The Morgan fingerprint density at radius 3 is 2.45 bits per heavy atom. The van der Waals surface area contributed by atoms with Gasteiger partial charge in [0.1, 0.15) is 5.75 Å². The first-order chi connectivity index (χ1) is 10.6. The number of carbonyl (C=O) groups is 1. The van der Waals surface area contributed by atoms with Gasteiger partial charge < -0.3 is 20.7 Å². The standard InChI is InChI=1S/C16H26N4O2/c1-5-17-16(20-12(2)3)19-11-10-18-15(21)13-6-8-14(22-4)9-7-13/h6-9,12H,5,10-11H2,1-4H3,(H,18,21)(H2,17,19,20). The molecule has 122 valence electrons. The fraction of sp³-hybridized carbons (Fsp3) is 0.500. The minimum Gasteiger partial charge on any atom is -0.497 e. The maximum absolute atomic E-state index is 12.0. The van der Waals surface area contributed by atoms with Gasteiger partial charge in [0.05, 0.1) is 13.7 Å². The van der Waals surface area contributed by atoms with Crippen LogP contribution in [0.25, 0.3) is 0 Å². The van der Waals surface area contributed by atoms with E-state index in [4.69, 9.17) is 4.74 Å². The Morgan fingerprint density at radius 1 is 1.23 bits per heavy atom. The molecule has 1 rings (SSSR count). The van der Waals surface area contributed by atoms with E-state index in [2.05, 4.69) is 34.8 Å². The fourth-order valence-electron chi connectivity index (χ4n) is 1.78. The summed E-state index contributed by atoms with van der Waals surface area (Å²) in [7, 11) is 1.60. The molecule has 1 amide bonds. The molecule has 3 N–H and O–H groups in total. The third-order valence-electron chi connectivity index (χ3n) is 2.79. The van der Waals surface area contributed by atoms with Crippen LogP contribution >= 0.6 is 0 Å². The molecule has 0 saturated carbocycles. The second-order valence-corrected chi connectivity index (χ2v) is 5.04. The lowest BCUT2D eigenvalue weighted by Gasteiger charge is -2.14. The number of nitrogens with one attached hydrogen (secondary N) is 3. The van der Waals surface area contributed by atoms with Crippen LogP contribution in [0, 0.1) is 0 Å². The Kier molecular flexibility index (Phi) is 7.81. The van der Waals surface area contributed by atoms with E-state index in [1.165, 1.54) is 0 Å². The summed E-state index contributed by atoms with van der Waals surface area (Å²) in [5.74, 6) is 1.38. The number of amides is 1. The van der Waals surface area contributed by atoms with Crippen LogP contribution < -0.4 is 20.7 Å². The largest absolute Gasteiger partial charge is 0.497 e. The van der Waals surface area contributed by atoms with E-state index in [1.54, 1.807) is 31.4 Å². The van der Waals surface area contributed by atoms with Crippen molar-refractivity contribution >= 4 is 11.9 Å². The Hall–Kier alpha value is -2.24. The molecule has 0 aliphatic heterocycles. The first-order valence-electron chi connectivity index (χ1n) is 7.54. The highest BCUT2D eigenvalue weighted by Gasteiger charge is 2.04. The average molecular weight is 306 g/mol. The predicted octanol–water partition coefficient (Wildman–Crippen LogP) is 1.39. The number of carbonyl (C=O) groups excluding carboxylic acids is 1. The van der Waals surface area contributed by atoms with E-state index in [-0.39, 0.29) is 5.91 Å². The smallest absolute Gasteiger partial charge is 0.251 e. The Labute approximate surface area is 132 Å². The summed E-state index contributed by atoms with van der Waals surface area (Å²) in [4.78, 5) is 16.4. The molecule has 0 aliphatic rings. The lowest BCUT2D eigenvalue weighted by Crippen LogP contribution is -2.41. The monoisotopic (exact) mass is 306 g/mol. The Bertz CT molecular complexity index is 483. The van der Waals surface area contributed by atoms with Crippen LogP contribution in [0.15, 0.2) is 29.3 Å². The molecule has 0 fully saturated rings. The summed E-state index contributed by atoms with van der Waals surface area (Å²) >= 11 is 0. The SMILES string of the molecule is CCNC(=NCCNC(=O)c1ccc(OC)cc1)NC(C)C. The highest BCUT2D eigenvalue weighted by atomic mass is 16.5. The number of hydrogen-bond acceptors (Lipinski definition) is 3. The molecule has 0 spiro atoms. The van der Waals surface area contributed by atoms with Crippen molar-refractivity contribution in [1.29, 1.82) is 0 Å². The van der Waals surface area contributed by atoms with Crippen LogP contribution in [-0.4, -0.2) is 44.7 Å². The molecule has 0 saturated heterocycles. The normalized spacial score (nSPS) is 11.2. The zero-order valence-electron chi connectivity index (χ0n) is 13.8. The highest BCUT2D eigenvalue weighted by molar-refractivity contribution is 5.94. The molecule has 22 heavy (non-hydrogen) atoms. The number of aliphatic imine (C=N–C) groups is 1. The van der Waals surface area contributed by atoms with Crippen LogP contribution in [0.5, 0.6) is 5.75 Å². The molecule has 0 heterocycles. The summed E-state index contributed by atoms with van der Waals surface area (Å²) in [6.45, 7) is 7.93. The summed E-state index contributed by atoms with van der Waals surface area (Å²) in [5, 5.41) is 9.23. The first-order valence-corrected chi connectivity index (χ1v) is 7.54. The first kappa shape index (κ1) is 17.8. The molecular weight excluding hydrogens is 280 g/mol. The summed E-state index contributed by atoms with van der Waals surface area (Å²) < 4.78 is 5.07. The van der Waals surface area contributed by atoms with E-state index in [9.17, 15) is 4.79 Å². The van der Waals surface area contributed by atoms with E-state index in [0.717, 1.165) is 18.3 Å². The van der Waals surface area contributed by atoms with Gasteiger partial charge in [-0.1, -0.05) is 0 Å². The van der Waals surface area contributed by atoms with Crippen LogP contribution in [0.2, 0.25) is 0 Å². The van der Waals surface area contributed by atoms with Crippen LogP contribution in [0.4, 0.5) is 0 Å². The lowest BCUT2D eigenvalue weighted by molar-refractivity contribution is 0.0955. The van der Waals surface area contributed by atoms with Crippen molar-refractivity contribution in [2.24, 2.45) is 4.99 Å². The quantitative estimate of drug-likeness (QED) is 0.404. The maximum atomic E-state index is 12.0. The molecule has 0 aromatic heterocycles. The second kappa shape index (κ2) is 9.65. The van der Waals surface area contributed by atoms with Crippen LogP contribution in [0.1, 0.15) is 31.1 Å². The molecule has 0 aliphatic carbocycles. The molecule has 0 unspecified atom stereocenters. The van der Waals surface area contributed by atoms with Crippen LogP contribution in [0.3, 0.4) is 0 Å². The van der Waals surface area contributed by atoms with Crippen molar-refractivity contribution in [2.75, 3.05) is 26.7 Å². The number of benzene rings is 1. The molecule has 6 heteroatoms. The van der Waals surface area contributed by atoms with Crippen molar-refractivity contribution < 1.29 is 9.53 Å². The van der Waals surface area contributed by atoms with Crippen molar-refractivity contribution in [1.82, 2.24) is 16.0 Å².